The highest BCUT2D eigenvalue weighted by atomic mass is 127. The van der Waals surface area contributed by atoms with E-state index in [9.17, 15) is 4.79 Å². The minimum Gasteiger partial charge on any atom is -0.381 e. The number of halogens is 1. The Labute approximate surface area is 186 Å². The molecule has 0 aromatic heterocycles. The molecule has 0 bridgehead atoms. The van der Waals surface area contributed by atoms with E-state index in [0.717, 1.165) is 90.1 Å². The summed E-state index contributed by atoms with van der Waals surface area (Å²) in [5, 5.41) is 10.0. The number of carbonyl (C=O) groups excluding carboxylic acids is 1. The predicted octanol–water partition coefficient (Wildman–Crippen LogP) is 2.19. The van der Waals surface area contributed by atoms with Gasteiger partial charge in [0.25, 0.3) is 0 Å². The summed E-state index contributed by atoms with van der Waals surface area (Å²) in [6.07, 6.45) is 9.72. The van der Waals surface area contributed by atoms with Crippen LogP contribution in [0.5, 0.6) is 0 Å². The van der Waals surface area contributed by atoms with E-state index < -0.39 is 0 Å². The zero-order chi connectivity index (χ0) is 18.9. The Hall–Kier alpha value is -0.610. The molecule has 3 aliphatic rings. The van der Waals surface area contributed by atoms with Crippen molar-refractivity contribution in [3.8, 4) is 0 Å². The Morgan fingerprint density at radius 2 is 1.86 bits per heavy atom. The van der Waals surface area contributed by atoms with Gasteiger partial charge in [-0.3, -0.25) is 9.79 Å². The lowest BCUT2D eigenvalue weighted by Crippen LogP contribution is -2.47. The number of guanidine groups is 1. The Bertz CT molecular complexity index is 496. The highest BCUT2D eigenvalue weighted by Crippen LogP contribution is 2.26. The predicted molar refractivity (Wildman–Crippen MR) is 121 cm³/mol. The summed E-state index contributed by atoms with van der Waals surface area (Å²) >= 11 is 0. The molecule has 1 saturated heterocycles. The summed E-state index contributed by atoms with van der Waals surface area (Å²) in [6.45, 7) is 3.24. The second-order valence-corrected chi connectivity index (χ2v) is 8.02. The van der Waals surface area contributed by atoms with Crippen LogP contribution in [-0.4, -0.2) is 63.5 Å². The molecule has 2 saturated carbocycles. The summed E-state index contributed by atoms with van der Waals surface area (Å²) in [5.41, 5.74) is 0. The molecule has 7 nitrogen and oxygen atoms in total. The van der Waals surface area contributed by atoms with Gasteiger partial charge in [-0.2, -0.15) is 0 Å². The van der Waals surface area contributed by atoms with Crippen LogP contribution in [0.25, 0.3) is 0 Å². The van der Waals surface area contributed by atoms with Crippen LogP contribution >= 0.6 is 24.0 Å². The first-order valence-corrected chi connectivity index (χ1v) is 10.7. The third-order valence-electron chi connectivity index (χ3n) is 5.67. The van der Waals surface area contributed by atoms with Gasteiger partial charge < -0.3 is 25.4 Å². The molecule has 1 heterocycles. The highest BCUT2D eigenvalue weighted by Gasteiger charge is 2.31. The van der Waals surface area contributed by atoms with Gasteiger partial charge in [0.15, 0.2) is 5.96 Å². The van der Waals surface area contributed by atoms with Gasteiger partial charge >= 0.3 is 0 Å². The summed E-state index contributed by atoms with van der Waals surface area (Å²) in [4.78, 5) is 16.7. The smallest absolute Gasteiger partial charge is 0.223 e. The van der Waals surface area contributed by atoms with Crippen molar-refractivity contribution in [3.05, 3.63) is 0 Å². The zero-order valence-corrected chi connectivity index (χ0v) is 19.4. The molecule has 3 fully saturated rings. The van der Waals surface area contributed by atoms with E-state index >= 15 is 0 Å². The molecule has 0 aromatic rings. The van der Waals surface area contributed by atoms with Crippen LogP contribution in [0.15, 0.2) is 4.99 Å². The molecule has 0 aromatic carbocycles. The van der Waals surface area contributed by atoms with E-state index in [4.69, 9.17) is 9.47 Å². The zero-order valence-electron chi connectivity index (χ0n) is 17.1. The molecule has 162 valence electrons. The van der Waals surface area contributed by atoms with Crippen molar-refractivity contribution in [2.24, 2.45) is 10.9 Å². The Kier molecular flexibility index (Phi) is 10.9. The SMILES string of the molecule is CN=C(NCCCOC1CCOCC1)NC1CCCC(C(=O)NC2CC2)C1.I. The standard InChI is InChI=1S/C20H36N4O3.HI/c1-21-20(22-10-3-11-27-18-8-12-26-13-9-18)24-17-5-2-4-15(14-17)19(25)23-16-6-7-16;/h15-18H,2-14H2,1H3,(H,23,25)(H2,21,22,24);1H. The molecule has 3 rings (SSSR count). The highest BCUT2D eigenvalue weighted by molar-refractivity contribution is 14.0. The van der Waals surface area contributed by atoms with Crippen molar-refractivity contribution in [2.45, 2.75) is 76.0 Å². The normalized spacial score (nSPS) is 26.2. The topological polar surface area (TPSA) is 84.0 Å². The average molecular weight is 508 g/mol. The maximum atomic E-state index is 12.3. The number of aliphatic imine (C=N–C) groups is 1. The van der Waals surface area contributed by atoms with Crippen LogP contribution in [0, 0.1) is 5.92 Å². The number of nitrogens with zero attached hydrogens (tertiary/aromatic N) is 1. The van der Waals surface area contributed by atoms with E-state index in [1.54, 1.807) is 7.05 Å². The lowest BCUT2D eigenvalue weighted by Gasteiger charge is -2.30. The largest absolute Gasteiger partial charge is 0.381 e. The van der Waals surface area contributed by atoms with Crippen molar-refractivity contribution in [3.63, 3.8) is 0 Å². The molecule has 8 heteroatoms. The molecule has 0 radical (unpaired) electrons. The molecule has 1 amide bonds. The first-order chi connectivity index (χ1) is 13.2. The fourth-order valence-electron chi connectivity index (χ4n) is 3.87. The minimum absolute atomic E-state index is 0. The fourth-order valence-corrected chi connectivity index (χ4v) is 3.87. The van der Waals surface area contributed by atoms with E-state index in [2.05, 4.69) is 20.9 Å². The van der Waals surface area contributed by atoms with Crippen LogP contribution < -0.4 is 16.0 Å². The first kappa shape index (κ1) is 23.7. The van der Waals surface area contributed by atoms with Crippen molar-refractivity contribution in [2.75, 3.05) is 33.4 Å². The van der Waals surface area contributed by atoms with Gasteiger partial charge in [-0.05, 0) is 51.4 Å². The molecule has 2 atom stereocenters. The summed E-state index contributed by atoms with van der Waals surface area (Å²) in [7, 11) is 1.80. The van der Waals surface area contributed by atoms with Crippen molar-refractivity contribution in [1.82, 2.24) is 16.0 Å². The Morgan fingerprint density at radius 3 is 2.57 bits per heavy atom. The van der Waals surface area contributed by atoms with E-state index in [-0.39, 0.29) is 35.8 Å². The van der Waals surface area contributed by atoms with Crippen molar-refractivity contribution < 1.29 is 14.3 Å². The molecule has 28 heavy (non-hydrogen) atoms. The van der Waals surface area contributed by atoms with Gasteiger partial charge in [0, 0.05) is 51.4 Å². The number of carbonyl (C=O) groups is 1. The van der Waals surface area contributed by atoms with Gasteiger partial charge in [0.2, 0.25) is 5.91 Å². The molecular formula is C20H37IN4O3. The summed E-state index contributed by atoms with van der Waals surface area (Å²) < 4.78 is 11.2. The van der Waals surface area contributed by atoms with Gasteiger partial charge in [0.05, 0.1) is 6.10 Å². The number of nitrogens with one attached hydrogen (secondary N) is 3. The number of hydrogen-bond donors (Lipinski definition) is 3. The van der Waals surface area contributed by atoms with Crippen molar-refractivity contribution >= 4 is 35.8 Å². The van der Waals surface area contributed by atoms with Crippen LogP contribution in [0.3, 0.4) is 0 Å². The lowest BCUT2D eigenvalue weighted by atomic mass is 9.85. The molecule has 3 N–H and O–H groups in total. The second kappa shape index (κ2) is 12.8. The molecule has 1 aliphatic heterocycles. The maximum Gasteiger partial charge on any atom is 0.223 e. The van der Waals surface area contributed by atoms with Crippen LogP contribution in [-0.2, 0) is 14.3 Å². The average Bonchev–Trinajstić information content (AvgIpc) is 3.52. The number of hydrogen-bond acceptors (Lipinski definition) is 4. The van der Waals surface area contributed by atoms with Gasteiger partial charge in [-0.1, -0.05) is 6.42 Å². The van der Waals surface area contributed by atoms with E-state index in [1.165, 1.54) is 0 Å². The number of rotatable bonds is 8. The summed E-state index contributed by atoms with van der Waals surface area (Å²) in [6, 6.07) is 0.766. The van der Waals surface area contributed by atoms with Crippen LogP contribution in [0.4, 0.5) is 0 Å². The molecule has 2 unspecified atom stereocenters. The molecule has 2 aliphatic carbocycles. The second-order valence-electron chi connectivity index (χ2n) is 8.02. The summed E-state index contributed by atoms with van der Waals surface area (Å²) in [5.74, 6) is 1.22. The molecule has 0 spiro atoms. The van der Waals surface area contributed by atoms with Crippen LogP contribution in [0.1, 0.15) is 57.8 Å². The van der Waals surface area contributed by atoms with Gasteiger partial charge in [-0.15, -0.1) is 24.0 Å². The number of amides is 1. The van der Waals surface area contributed by atoms with Crippen LogP contribution in [0.2, 0.25) is 0 Å². The number of ether oxygens (including phenoxy) is 2. The Morgan fingerprint density at radius 1 is 1.07 bits per heavy atom. The monoisotopic (exact) mass is 508 g/mol. The van der Waals surface area contributed by atoms with E-state index in [1.807, 2.05) is 0 Å². The van der Waals surface area contributed by atoms with Crippen molar-refractivity contribution in [1.29, 1.82) is 0 Å². The Balaban J connectivity index is 0.00000280. The van der Waals surface area contributed by atoms with E-state index in [0.29, 0.717) is 18.2 Å². The third-order valence-corrected chi connectivity index (χ3v) is 5.67. The van der Waals surface area contributed by atoms with Gasteiger partial charge in [0.1, 0.15) is 0 Å². The minimum atomic E-state index is 0. The lowest BCUT2D eigenvalue weighted by molar-refractivity contribution is -0.126. The van der Waals surface area contributed by atoms with Gasteiger partial charge in [-0.25, -0.2) is 0 Å². The first-order valence-electron chi connectivity index (χ1n) is 10.7. The molecular weight excluding hydrogens is 471 g/mol. The third kappa shape index (κ3) is 8.41. The quantitative estimate of drug-likeness (QED) is 0.203. The maximum absolute atomic E-state index is 12.3. The fraction of sp³-hybridized carbons (Fsp3) is 0.900.